The Hall–Kier alpha value is -1.96. The van der Waals surface area contributed by atoms with Crippen LogP contribution in [0.5, 0.6) is 0 Å². The number of nitrogens with zero attached hydrogens (tertiary/aromatic N) is 1. The molecule has 0 N–H and O–H groups in total. The summed E-state index contributed by atoms with van der Waals surface area (Å²) >= 11 is 0. The zero-order chi connectivity index (χ0) is 18.1. The molecule has 0 spiro atoms. The smallest absolute Gasteiger partial charge is 0.134 e. The Labute approximate surface area is 157 Å². The van der Waals surface area contributed by atoms with E-state index < -0.39 is 0 Å². The van der Waals surface area contributed by atoms with Gasteiger partial charge in [0.15, 0.2) is 0 Å². The lowest BCUT2D eigenvalue weighted by Gasteiger charge is -2.33. The summed E-state index contributed by atoms with van der Waals surface area (Å²) in [5, 5.41) is 0. The fourth-order valence-corrected chi connectivity index (χ4v) is 5.07. The van der Waals surface area contributed by atoms with Crippen molar-refractivity contribution in [2.24, 2.45) is 22.7 Å². The van der Waals surface area contributed by atoms with Crippen molar-refractivity contribution in [3.63, 3.8) is 0 Å². The molecule has 1 aromatic carbocycles. The fourth-order valence-electron chi connectivity index (χ4n) is 5.07. The van der Waals surface area contributed by atoms with Crippen LogP contribution in [0, 0.1) is 17.8 Å². The zero-order valence-electron chi connectivity index (χ0n) is 15.9. The summed E-state index contributed by atoms with van der Waals surface area (Å²) in [5.41, 5.74) is 5.44. The largest absolute Gasteiger partial charge is 0.300 e. The van der Waals surface area contributed by atoms with Gasteiger partial charge in [0.2, 0.25) is 0 Å². The highest BCUT2D eigenvalue weighted by Crippen LogP contribution is 2.45. The summed E-state index contributed by atoms with van der Waals surface area (Å²) in [6.45, 7) is 3.97. The van der Waals surface area contributed by atoms with E-state index >= 15 is 0 Å². The summed E-state index contributed by atoms with van der Waals surface area (Å²) in [4.78, 5) is 16.4. The van der Waals surface area contributed by atoms with Gasteiger partial charge in [-0.1, -0.05) is 49.8 Å². The Balaban J connectivity index is 1.55. The summed E-state index contributed by atoms with van der Waals surface area (Å²) in [6, 6.07) is 8.71. The second kappa shape index (κ2) is 7.34. The van der Waals surface area contributed by atoms with Crippen molar-refractivity contribution in [3.8, 4) is 0 Å². The van der Waals surface area contributed by atoms with Crippen molar-refractivity contribution in [1.29, 1.82) is 0 Å². The third kappa shape index (κ3) is 3.47. The number of Topliss-reactive ketones (excluding diaryl/α,β-unsaturated/α-hetero) is 1. The predicted octanol–water partition coefficient (Wildman–Crippen LogP) is 5.64. The molecule has 26 heavy (non-hydrogen) atoms. The second-order valence-electron chi connectivity index (χ2n) is 8.41. The number of hydrogen-bond acceptors (Lipinski definition) is 2. The zero-order valence-corrected chi connectivity index (χ0v) is 15.9. The molecule has 4 unspecified atom stereocenters. The van der Waals surface area contributed by atoms with Gasteiger partial charge in [0.1, 0.15) is 5.78 Å². The highest BCUT2D eigenvalue weighted by Gasteiger charge is 2.33. The monoisotopic (exact) mass is 347 g/mol. The molecule has 3 aliphatic rings. The van der Waals surface area contributed by atoms with Gasteiger partial charge < -0.3 is 0 Å². The number of fused-ring (bicyclic) bond motifs is 1. The van der Waals surface area contributed by atoms with E-state index in [1.807, 2.05) is 0 Å². The number of hydrogen-bond donors (Lipinski definition) is 0. The topological polar surface area (TPSA) is 29.4 Å². The molecule has 0 amide bonds. The van der Waals surface area contributed by atoms with Crippen LogP contribution >= 0.6 is 0 Å². The van der Waals surface area contributed by atoms with Crippen LogP contribution in [-0.2, 0) is 11.2 Å². The number of benzene rings is 1. The third-order valence-corrected chi connectivity index (χ3v) is 6.40. The molecule has 2 nitrogen and oxygen atoms in total. The third-order valence-electron chi connectivity index (χ3n) is 6.40. The SMILES string of the molecule is CC(=O)Cc1cccc(C2CCCC(C3=C4C=CCC4C(C)C=N3)C2)c1. The van der Waals surface area contributed by atoms with Crippen LogP contribution in [0.3, 0.4) is 0 Å². The van der Waals surface area contributed by atoms with Gasteiger partial charge in [-0.2, -0.15) is 0 Å². The molecule has 0 aromatic heterocycles. The molecule has 1 heterocycles. The fraction of sp³-hybridized carbons (Fsp3) is 0.500. The van der Waals surface area contributed by atoms with Crippen LogP contribution in [0.25, 0.3) is 0 Å². The van der Waals surface area contributed by atoms with Gasteiger partial charge in [-0.05, 0) is 67.1 Å². The van der Waals surface area contributed by atoms with E-state index in [1.165, 1.54) is 48.9 Å². The Morgan fingerprint density at radius 3 is 2.92 bits per heavy atom. The van der Waals surface area contributed by atoms with Crippen LogP contribution < -0.4 is 0 Å². The van der Waals surface area contributed by atoms with Gasteiger partial charge in [0.05, 0.1) is 0 Å². The van der Waals surface area contributed by atoms with Crippen LogP contribution in [0.15, 0.2) is 52.7 Å². The summed E-state index contributed by atoms with van der Waals surface area (Å²) < 4.78 is 0. The van der Waals surface area contributed by atoms with E-state index in [4.69, 9.17) is 4.99 Å². The van der Waals surface area contributed by atoms with Crippen molar-refractivity contribution in [3.05, 3.63) is 58.8 Å². The van der Waals surface area contributed by atoms with Gasteiger partial charge in [0.25, 0.3) is 0 Å². The second-order valence-corrected chi connectivity index (χ2v) is 8.41. The van der Waals surface area contributed by atoms with Crippen molar-refractivity contribution in [1.82, 2.24) is 0 Å². The van der Waals surface area contributed by atoms with Crippen molar-refractivity contribution >= 4 is 12.0 Å². The van der Waals surface area contributed by atoms with Crippen LogP contribution in [0.1, 0.15) is 63.0 Å². The van der Waals surface area contributed by atoms with Crippen LogP contribution in [0.4, 0.5) is 0 Å². The number of carbonyl (C=O) groups excluding carboxylic acids is 1. The summed E-state index contributed by atoms with van der Waals surface area (Å²) in [5.74, 6) is 2.62. The molecule has 2 heteroatoms. The van der Waals surface area contributed by atoms with E-state index in [2.05, 4.69) is 49.6 Å². The van der Waals surface area contributed by atoms with Crippen LogP contribution in [-0.4, -0.2) is 12.0 Å². The lowest BCUT2D eigenvalue weighted by molar-refractivity contribution is -0.116. The minimum absolute atomic E-state index is 0.236. The lowest BCUT2D eigenvalue weighted by atomic mass is 9.74. The van der Waals surface area contributed by atoms with Crippen molar-refractivity contribution in [2.75, 3.05) is 0 Å². The van der Waals surface area contributed by atoms with E-state index in [1.54, 1.807) is 6.92 Å². The predicted molar refractivity (Wildman–Crippen MR) is 107 cm³/mol. The Kier molecular flexibility index (Phi) is 4.93. The van der Waals surface area contributed by atoms with Gasteiger partial charge >= 0.3 is 0 Å². The standard InChI is InChI=1S/C24H29NO/c1-16-15-25-24(23-11-5-10-22(16)23)21-9-4-8-20(14-21)19-7-3-6-18(13-19)12-17(2)26/h3,5-7,11,13,15-16,20-22H,4,8-10,12,14H2,1-2H3. The molecule has 4 atom stereocenters. The normalized spacial score (nSPS) is 30.5. The molecule has 1 fully saturated rings. The van der Waals surface area contributed by atoms with Gasteiger partial charge in [0, 0.05) is 24.3 Å². The van der Waals surface area contributed by atoms with E-state index in [0.29, 0.717) is 30.1 Å². The van der Waals surface area contributed by atoms with Gasteiger partial charge in [-0.25, -0.2) is 0 Å². The minimum Gasteiger partial charge on any atom is -0.300 e. The Morgan fingerprint density at radius 1 is 1.23 bits per heavy atom. The average molecular weight is 348 g/mol. The molecule has 0 radical (unpaired) electrons. The highest BCUT2D eigenvalue weighted by atomic mass is 16.1. The Bertz CT molecular complexity index is 785. The van der Waals surface area contributed by atoms with E-state index in [-0.39, 0.29) is 5.78 Å². The first-order valence-electron chi connectivity index (χ1n) is 10.1. The molecule has 0 saturated heterocycles. The minimum atomic E-state index is 0.236. The van der Waals surface area contributed by atoms with Crippen molar-refractivity contribution < 1.29 is 4.79 Å². The summed E-state index contributed by atoms with van der Waals surface area (Å²) in [7, 11) is 0. The lowest BCUT2D eigenvalue weighted by Crippen LogP contribution is -2.23. The average Bonchev–Trinajstić information content (AvgIpc) is 3.12. The van der Waals surface area contributed by atoms with Gasteiger partial charge in [-0.15, -0.1) is 0 Å². The number of ketones is 1. The highest BCUT2D eigenvalue weighted by molar-refractivity contribution is 5.78. The summed E-state index contributed by atoms with van der Waals surface area (Å²) in [6.07, 6.45) is 13.5. The first-order chi connectivity index (χ1) is 12.6. The molecular formula is C24H29NO. The number of aliphatic imine (C=N–C) groups is 1. The van der Waals surface area contributed by atoms with E-state index in [9.17, 15) is 4.79 Å². The number of allylic oxidation sites excluding steroid dienone is 4. The molecular weight excluding hydrogens is 318 g/mol. The molecule has 0 bridgehead atoms. The molecule has 1 saturated carbocycles. The first kappa shape index (κ1) is 17.5. The quantitative estimate of drug-likeness (QED) is 0.693. The van der Waals surface area contributed by atoms with Gasteiger partial charge in [-0.3, -0.25) is 9.79 Å². The molecule has 4 rings (SSSR count). The maximum absolute atomic E-state index is 11.5. The Morgan fingerprint density at radius 2 is 2.08 bits per heavy atom. The van der Waals surface area contributed by atoms with Crippen LogP contribution in [0.2, 0.25) is 0 Å². The molecule has 136 valence electrons. The molecule has 1 aliphatic heterocycles. The maximum atomic E-state index is 11.5. The van der Waals surface area contributed by atoms with E-state index in [0.717, 1.165) is 5.56 Å². The first-order valence-corrected chi connectivity index (χ1v) is 10.1. The maximum Gasteiger partial charge on any atom is 0.134 e. The molecule has 2 aliphatic carbocycles. The number of rotatable bonds is 4. The molecule has 1 aromatic rings. The number of carbonyl (C=O) groups is 1. The van der Waals surface area contributed by atoms with Crippen molar-refractivity contribution in [2.45, 2.75) is 58.3 Å².